The molecule has 0 radical (unpaired) electrons. The van der Waals surface area contributed by atoms with Gasteiger partial charge in [-0.05, 0) is 49.4 Å². The lowest BCUT2D eigenvalue weighted by molar-refractivity contribution is 0.0918. The highest BCUT2D eigenvalue weighted by Gasteiger charge is 2.38. The van der Waals surface area contributed by atoms with E-state index in [1.807, 2.05) is 0 Å². The summed E-state index contributed by atoms with van der Waals surface area (Å²) >= 11 is 0. The fourth-order valence-electron chi connectivity index (χ4n) is 4.70. The van der Waals surface area contributed by atoms with Crippen molar-refractivity contribution < 1.29 is 8.42 Å². The predicted molar refractivity (Wildman–Crippen MR) is 101 cm³/mol. The maximum absolute atomic E-state index is 11.6. The Balaban J connectivity index is 1.98. The summed E-state index contributed by atoms with van der Waals surface area (Å²) in [6, 6.07) is 0.411. The Morgan fingerprint density at radius 3 is 2.29 bits per heavy atom. The van der Waals surface area contributed by atoms with E-state index in [0.717, 1.165) is 31.8 Å². The lowest BCUT2D eigenvalue weighted by atomic mass is 9.63. The van der Waals surface area contributed by atoms with E-state index in [1.54, 1.807) is 0 Å². The zero-order valence-electron chi connectivity index (χ0n) is 16.0. The molecule has 1 saturated carbocycles. The van der Waals surface area contributed by atoms with Gasteiger partial charge in [-0.25, -0.2) is 8.42 Å². The number of nitrogens with one attached hydrogen (secondary N) is 2. The van der Waals surface area contributed by atoms with E-state index in [4.69, 9.17) is 0 Å². The second kappa shape index (κ2) is 7.22. The monoisotopic (exact) mass is 357 g/mol. The van der Waals surface area contributed by atoms with Gasteiger partial charge in [-0.1, -0.05) is 27.7 Å². The second-order valence-corrected chi connectivity index (χ2v) is 11.5. The first-order chi connectivity index (χ1) is 11.0. The van der Waals surface area contributed by atoms with Crippen molar-refractivity contribution in [3.05, 3.63) is 0 Å². The molecule has 6 heteroatoms. The molecule has 2 rings (SSSR count). The lowest BCUT2D eigenvalue weighted by Crippen LogP contribution is -2.50. The molecule has 2 aliphatic rings. The van der Waals surface area contributed by atoms with E-state index in [2.05, 4.69) is 50.2 Å². The van der Waals surface area contributed by atoms with Gasteiger partial charge in [-0.2, -0.15) is 0 Å². The standard InChI is InChI=1S/C18H35N3O2S/c1-6-19-16(20-11-14-7-8-24(22,23)12-14)21-15-9-17(2,3)13-18(4,5)10-15/h14-15H,6-13H2,1-5H3,(H2,19,20,21). The molecule has 0 spiro atoms. The van der Waals surface area contributed by atoms with Gasteiger partial charge in [0.05, 0.1) is 11.5 Å². The topological polar surface area (TPSA) is 70.6 Å². The first kappa shape index (κ1) is 19.5. The summed E-state index contributed by atoms with van der Waals surface area (Å²) < 4.78 is 23.2. The molecule has 1 saturated heterocycles. The summed E-state index contributed by atoms with van der Waals surface area (Å²) in [5.41, 5.74) is 0.659. The molecule has 0 aromatic heterocycles. The molecule has 24 heavy (non-hydrogen) atoms. The van der Waals surface area contributed by atoms with Crippen LogP contribution >= 0.6 is 0 Å². The van der Waals surface area contributed by atoms with Crippen LogP contribution in [0.1, 0.15) is 60.3 Å². The number of rotatable bonds is 4. The minimum absolute atomic E-state index is 0.171. The molecular formula is C18H35N3O2S. The lowest BCUT2D eigenvalue weighted by Gasteiger charge is -2.45. The van der Waals surface area contributed by atoms with Gasteiger partial charge < -0.3 is 10.6 Å². The molecule has 5 nitrogen and oxygen atoms in total. The molecule has 0 aromatic rings. The fraction of sp³-hybridized carbons (Fsp3) is 0.944. The third kappa shape index (κ3) is 5.94. The van der Waals surface area contributed by atoms with Gasteiger partial charge in [0.15, 0.2) is 15.8 Å². The zero-order chi connectivity index (χ0) is 18.0. The van der Waals surface area contributed by atoms with Crippen molar-refractivity contribution in [2.75, 3.05) is 24.6 Å². The molecule has 1 aliphatic heterocycles. The first-order valence-corrected chi connectivity index (χ1v) is 11.1. The average Bonchev–Trinajstić information content (AvgIpc) is 2.72. The highest BCUT2D eigenvalue weighted by atomic mass is 32.2. The molecule has 1 heterocycles. The van der Waals surface area contributed by atoms with Crippen molar-refractivity contribution in [3.63, 3.8) is 0 Å². The van der Waals surface area contributed by atoms with Crippen molar-refractivity contribution in [1.29, 1.82) is 0 Å². The van der Waals surface area contributed by atoms with Gasteiger partial charge in [-0.3, -0.25) is 4.99 Å². The molecule has 1 atom stereocenters. The van der Waals surface area contributed by atoms with Gasteiger partial charge in [-0.15, -0.1) is 0 Å². The van der Waals surface area contributed by atoms with Gasteiger partial charge in [0.1, 0.15) is 0 Å². The molecule has 140 valence electrons. The van der Waals surface area contributed by atoms with Crippen LogP contribution in [-0.2, 0) is 9.84 Å². The number of sulfone groups is 1. The Labute approximate surface area is 148 Å². The summed E-state index contributed by atoms with van der Waals surface area (Å²) in [5, 5.41) is 6.92. The van der Waals surface area contributed by atoms with Crippen LogP contribution in [0.25, 0.3) is 0 Å². The predicted octanol–water partition coefficient (Wildman–Crippen LogP) is 2.58. The SMILES string of the molecule is CCNC(=NCC1CCS(=O)(=O)C1)NC1CC(C)(C)CC(C)(C)C1. The second-order valence-electron chi connectivity index (χ2n) is 9.24. The minimum Gasteiger partial charge on any atom is -0.357 e. The minimum atomic E-state index is -2.82. The van der Waals surface area contributed by atoms with E-state index in [1.165, 1.54) is 6.42 Å². The number of nitrogens with zero attached hydrogens (tertiary/aromatic N) is 1. The van der Waals surface area contributed by atoms with Gasteiger partial charge in [0, 0.05) is 19.1 Å². The van der Waals surface area contributed by atoms with Crippen LogP contribution < -0.4 is 10.6 Å². The third-order valence-corrected chi connectivity index (χ3v) is 6.91. The van der Waals surface area contributed by atoms with E-state index in [0.29, 0.717) is 34.9 Å². The first-order valence-electron chi connectivity index (χ1n) is 9.26. The van der Waals surface area contributed by atoms with E-state index in [9.17, 15) is 8.42 Å². The molecule has 0 bridgehead atoms. The normalized spacial score (nSPS) is 29.4. The largest absolute Gasteiger partial charge is 0.357 e. The molecular weight excluding hydrogens is 322 g/mol. The Morgan fingerprint density at radius 1 is 1.17 bits per heavy atom. The number of aliphatic imine (C=N–C) groups is 1. The van der Waals surface area contributed by atoms with Crippen LogP contribution in [0.3, 0.4) is 0 Å². The summed E-state index contributed by atoms with van der Waals surface area (Å²) in [6.07, 6.45) is 4.26. The Kier molecular flexibility index (Phi) is 5.88. The Bertz CT molecular complexity index is 551. The number of hydrogen-bond acceptors (Lipinski definition) is 3. The summed E-state index contributed by atoms with van der Waals surface area (Å²) in [5.74, 6) is 1.62. The van der Waals surface area contributed by atoms with Crippen molar-refractivity contribution in [3.8, 4) is 0 Å². The van der Waals surface area contributed by atoms with E-state index < -0.39 is 9.84 Å². The third-order valence-electron chi connectivity index (χ3n) is 5.07. The smallest absolute Gasteiger partial charge is 0.191 e. The Morgan fingerprint density at radius 2 is 1.79 bits per heavy atom. The van der Waals surface area contributed by atoms with Crippen LogP contribution in [0.2, 0.25) is 0 Å². The van der Waals surface area contributed by atoms with Crippen LogP contribution in [0.4, 0.5) is 0 Å². The molecule has 0 amide bonds. The highest BCUT2D eigenvalue weighted by Crippen LogP contribution is 2.45. The Hall–Kier alpha value is -0.780. The maximum atomic E-state index is 11.6. The van der Waals surface area contributed by atoms with Crippen molar-refractivity contribution in [2.45, 2.75) is 66.3 Å². The van der Waals surface area contributed by atoms with Crippen LogP contribution in [-0.4, -0.2) is 45.0 Å². The molecule has 2 N–H and O–H groups in total. The van der Waals surface area contributed by atoms with E-state index in [-0.39, 0.29) is 5.92 Å². The number of hydrogen-bond donors (Lipinski definition) is 2. The zero-order valence-corrected chi connectivity index (χ0v) is 16.8. The molecule has 1 unspecified atom stereocenters. The quantitative estimate of drug-likeness (QED) is 0.599. The van der Waals surface area contributed by atoms with Crippen molar-refractivity contribution >= 4 is 15.8 Å². The van der Waals surface area contributed by atoms with Gasteiger partial charge >= 0.3 is 0 Å². The molecule has 2 fully saturated rings. The fourth-order valence-corrected chi connectivity index (χ4v) is 6.55. The highest BCUT2D eigenvalue weighted by molar-refractivity contribution is 7.91. The average molecular weight is 358 g/mol. The molecule has 1 aliphatic carbocycles. The van der Waals surface area contributed by atoms with Crippen LogP contribution in [0.15, 0.2) is 4.99 Å². The van der Waals surface area contributed by atoms with Gasteiger partial charge in [0.2, 0.25) is 0 Å². The van der Waals surface area contributed by atoms with Gasteiger partial charge in [0.25, 0.3) is 0 Å². The summed E-state index contributed by atoms with van der Waals surface area (Å²) in [6.45, 7) is 12.8. The molecule has 0 aromatic carbocycles. The van der Waals surface area contributed by atoms with Crippen molar-refractivity contribution in [2.24, 2.45) is 21.7 Å². The van der Waals surface area contributed by atoms with Crippen LogP contribution in [0, 0.1) is 16.7 Å². The summed E-state index contributed by atoms with van der Waals surface area (Å²) in [4.78, 5) is 4.68. The van der Waals surface area contributed by atoms with E-state index >= 15 is 0 Å². The maximum Gasteiger partial charge on any atom is 0.191 e. The summed E-state index contributed by atoms with van der Waals surface area (Å²) in [7, 11) is -2.82. The number of guanidine groups is 1. The van der Waals surface area contributed by atoms with Crippen LogP contribution in [0.5, 0.6) is 0 Å². The van der Waals surface area contributed by atoms with Crippen molar-refractivity contribution in [1.82, 2.24) is 10.6 Å².